The van der Waals surface area contributed by atoms with Crippen molar-refractivity contribution in [1.82, 2.24) is 4.98 Å². The molecule has 2 aromatic carbocycles. The highest BCUT2D eigenvalue weighted by Crippen LogP contribution is 2.30. The lowest BCUT2D eigenvalue weighted by atomic mass is 10.1. The molecule has 0 fully saturated rings. The summed E-state index contributed by atoms with van der Waals surface area (Å²) in [6, 6.07) is 12.8. The van der Waals surface area contributed by atoms with Crippen molar-refractivity contribution in [2.75, 3.05) is 5.73 Å². The maximum absolute atomic E-state index is 13.6. The van der Waals surface area contributed by atoms with Crippen molar-refractivity contribution in [2.45, 2.75) is 6.92 Å². The molecule has 20 heavy (non-hydrogen) atoms. The number of anilines is 1. The minimum atomic E-state index is -0.202. The number of nitrogen functional groups attached to an aromatic ring is 1. The molecular formula is C16H13FN2S. The zero-order valence-electron chi connectivity index (χ0n) is 10.9. The molecule has 0 saturated carbocycles. The minimum absolute atomic E-state index is 0.202. The molecule has 100 valence electrons. The molecule has 0 aliphatic rings. The number of nitrogens with two attached hydrogens (primary N) is 1. The number of benzene rings is 2. The Labute approximate surface area is 120 Å². The van der Waals surface area contributed by atoms with Gasteiger partial charge in [-0.3, -0.25) is 0 Å². The molecule has 0 saturated heterocycles. The van der Waals surface area contributed by atoms with Gasteiger partial charge in [0, 0.05) is 22.2 Å². The van der Waals surface area contributed by atoms with E-state index in [2.05, 4.69) is 4.98 Å². The van der Waals surface area contributed by atoms with E-state index in [1.807, 2.05) is 35.7 Å². The van der Waals surface area contributed by atoms with Crippen molar-refractivity contribution >= 4 is 17.0 Å². The largest absolute Gasteiger partial charge is 0.399 e. The molecule has 0 aliphatic heterocycles. The van der Waals surface area contributed by atoms with E-state index in [1.54, 1.807) is 13.0 Å². The number of aromatic nitrogens is 1. The predicted octanol–water partition coefficient (Wildman–Crippen LogP) is 4.51. The van der Waals surface area contributed by atoms with E-state index < -0.39 is 0 Å². The van der Waals surface area contributed by atoms with Crippen LogP contribution in [-0.2, 0) is 0 Å². The van der Waals surface area contributed by atoms with Gasteiger partial charge in [0.15, 0.2) is 0 Å². The second-order valence-electron chi connectivity index (χ2n) is 4.62. The summed E-state index contributed by atoms with van der Waals surface area (Å²) in [7, 11) is 0. The first-order chi connectivity index (χ1) is 9.63. The van der Waals surface area contributed by atoms with E-state index in [0.29, 0.717) is 5.56 Å². The van der Waals surface area contributed by atoms with Gasteiger partial charge in [0.05, 0.1) is 5.69 Å². The van der Waals surface area contributed by atoms with Crippen molar-refractivity contribution in [3.63, 3.8) is 0 Å². The second-order valence-corrected chi connectivity index (χ2v) is 5.48. The van der Waals surface area contributed by atoms with Crippen LogP contribution in [0.2, 0.25) is 0 Å². The zero-order valence-corrected chi connectivity index (χ0v) is 11.7. The normalized spacial score (nSPS) is 10.7. The van der Waals surface area contributed by atoms with Gasteiger partial charge in [0.2, 0.25) is 0 Å². The first-order valence-electron chi connectivity index (χ1n) is 6.21. The van der Waals surface area contributed by atoms with Gasteiger partial charge in [-0.05, 0) is 30.7 Å². The summed E-state index contributed by atoms with van der Waals surface area (Å²) in [5, 5.41) is 2.79. The van der Waals surface area contributed by atoms with Crippen LogP contribution < -0.4 is 5.73 Å². The second kappa shape index (κ2) is 5.06. The smallest absolute Gasteiger partial charge is 0.126 e. The Morgan fingerprint density at radius 2 is 1.75 bits per heavy atom. The molecule has 3 aromatic rings. The Kier molecular flexibility index (Phi) is 3.24. The Hall–Kier alpha value is -2.20. The Bertz CT molecular complexity index is 747. The monoisotopic (exact) mass is 284 g/mol. The topological polar surface area (TPSA) is 38.9 Å². The molecule has 2 N–H and O–H groups in total. The lowest BCUT2D eigenvalue weighted by Gasteiger charge is -2.00. The van der Waals surface area contributed by atoms with E-state index in [1.165, 1.54) is 17.4 Å². The highest BCUT2D eigenvalue weighted by atomic mass is 32.1. The SMILES string of the molecule is Cc1ccc(-c2nc(-c3ccc(N)cc3)cs2)cc1F. The molecule has 1 heterocycles. The fourth-order valence-corrected chi connectivity index (χ4v) is 2.74. The van der Waals surface area contributed by atoms with Crippen molar-refractivity contribution in [2.24, 2.45) is 0 Å². The Morgan fingerprint density at radius 3 is 2.45 bits per heavy atom. The van der Waals surface area contributed by atoms with Gasteiger partial charge in [-0.1, -0.05) is 24.3 Å². The van der Waals surface area contributed by atoms with Gasteiger partial charge >= 0.3 is 0 Å². The first kappa shape index (κ1) is 12.8. The van der Waals surface area contributed by atoms with Crippen molar-refractivity contribution < 1.29 is 4.39 Å². The van der Waals surface area contributed by atoms with Crippen LogP contribution in [0.1, 0.15) is 5.56 Å². The molecule has 4 heteroatoms. The van der Waals surface area contributed by atoms with Gasteiger partial charge in [0.25, 0.3) is 0 Å². The average molecular weight is 284 g/mol. The molecule has 2 nitrogen and oxygen atoms in total. The van der Waals surface area contributed by atoms with Gasteiger partial charge in [-0.2, -0.15) is 0 Å². The van der Waals surface area contributed by atoms with E-state index in [9.17, 15) is 4.39 Å². The Morgan fingerprint density at radius 1 is 1.05 bits per heavy atom. The van der Waals surface area contributed by atoms with E-state index in [0.717, 1.165) is 27.5 Å². The van der Waals surface area contributed by atoms with Crippen LogP contribution in [0.3, 0.4) is 0 Å². The third-order valence-electron chi connectivity index (χ3n) is 3.13. The molecule has 0 aliphatic carbocycles. The zero-order chi connectivity index (χ0) is 14.1. The van der Waals surface area contributed by atoms with Crippen LogP contribution in [0.5, 0.6) is 0 Å². The number of thiazole rings is 1. The molecule has 0 atom stereocenters. The maximum atomic E-state index is 13.6. The van der Waals surface area contributed by atoms with E-state index in [-0.39, 0.29) is 5.82 Å². The number of nitrogens with zero attached hydrogens (tertiary/aromatic N) is 1. The molecule has 1 aromatic heterocycles. The average Bonchev–Trinajstić information content (AvgIpc) is 2.92. The summed E-state index contributed by atoms with van der Waals surface area (Å²) in [4.78, 5) is 4.56. The number of hydrogen-bond donors (Lipinski definition) is 1. The quantitative estimate of drug-likeness (QED) is 0.703. The van der Waals surface area contributed by atoms with E-state index in [4.69, 9.17) is 5.73 Å². The van der Waals surface area contributed by atoms with Crippen LogP contribution in [0.25, 0.3) is 21.8 Å². The van der Waals surface area contributed by atoms with Crippen LogP contribution in [0.15, 0.2) is 47.8 Å². The minimum Gasteiger partial charge on any atom is -0.399 e. The van der Waals surface area contributed by atoms with Crippen molar-refractivity contribution in [1.29, 1.82) is 0 Å². The number of rotatable bonds is 2. The van der Waals surface area contributed by atoms with Crippen LogP contribution in [0.4, 0.5) is 10.1 Å². The van der Waals surface area contributed by atoms with Crippen LogP contribution in [-0.4, -0.2) is 4.98 Å². The fourth-order valence-electron chi connectivity index (χ4n) is 1.92. The third kappa shape index (κ3) is 2.42. The van der Waals surface area contributed by atoms with Crippen molar-refractivity contribution in [3.05, 3.63) is 59.2 Å². The predicted molar refractivity (Wildman–Crippen MR) is 82.1 cm³/mol. The number of halogens is 1. The Balaban J connectivity index is 1.97. The highest BCUT2D eigenvalue weighted by Gasteiger charge is 2.08. The van der Waals surface area contributed by atoms with Crippen LogP contribution >= 0.6 is 11.3 Å². The summed E-state index contributed by atoms with van der Waals surface area (Å²) in [6.07, 6.45) is 0. The summed E-state index contributed by atoms with van der Waals surface area (Å²) in [5.41, 5.74) is 9.74. The van der Waals surface area contributed by atoms with Gasteiger partial charge in [-0.25, -0.2) is 9.37 Å². The molecule has 0 unspecified atom stereocenters. The molecule has 0 radical (unpaired) electrons. The lowest BCUT2D eigenvalue weighted by molar-refractivity contribution is 0.619. The fraction of sp³-hybridized carbons (Fsp3) is 0.0625. The molecule has 3 rings (SSSR count). The summed E-state index contributed by atoms with van der Waals surface area (Å²) >= 11 is 1.51. The lowest BCUT2D eigenvalue weighted by Crippen LogP contribution is -1.85. The maximum Gasteiger partial charge on any atom is 0.126 e. The molecule has 0 amide bonds. The standard InChI is InChI=1S/C16H13FN2S/c1-10-2-3-12(8-14(10)17)16-19-15(9-20-16)11-4-6-13(18)7-5-11/h2-9H,18H2,1H3. The molecular weight excluding hydrogens is 271 g/mol. The van der Waals surface area contributed by atoms with Gasteiger partial charge in [-0.15, -0.1) is 11.3 Å². The molecule has 0 bridgehead atoms. The molecule has 0 spiro atoms. The number of aryl methyl sites for hydroxylation is 1. The van der Waals surface area contributed by atoms with Crippen molar-refractivity contribution in [3.8, 4) is 21.8 Å². The van der Waals surface area contributed by atoms with Gasteiger partial charge < -0.3 is 5.73 Å². The third-order valence-corrected chi connectivity index (χ3v) is 4.02. The first-order valence-corrected chi connectivity index (χ1v) is 7.09. The summed E-state index contributed by atoms with van der Waals surface area (Å²) < 4.78 is 13.6. The highest BCUT2D eigenvalue weighted by molar-refractivity contribution is 7.13. The summed E-state index contributed by atoms with van der Waals surface area (Å²) in [6.45, 7) is 1.75. The van der Waals surface area contributed by atoms with E-state index >= 15 is 0 Å². The number of hydrogen-bond acceptors (Lipinski definition) is 3. The van der Waals surface area contributed by atoms with Gasteiger partial charge in [0.1, 0.15) is 10.8 Å². The van der Waals surface area contributed by atoms with Crippen LogP contribution in [0, 0.1) is 12.7 Å². The summed E-state index contributed by atoms with van der Waals surface area (Å²) in [5.74, 6) is -0.202.